The highest BCUT2D eigenvalue weighted by Crippen LogP contribution is 2.33. The van der Waals surface area contributed by atoms with Crippen LogP contribution < -0.4 is 14.2 Å². The van der Waals surface area contributed by atoms with Crippen LogP contribution in [0, 0.1) is 5.21 Å². The van der Waals surface area contributed by atoms with Gasteiger partial charge in [0, 0.05) is 11.4 Å². The predicted molar refractivity (Wildman–Crippen MR) is 79.3 cm³/mol. The van der Waals surface area contributed by atoms with E-state index in [4.69, 9.17) is 9.47 Å². The Bertz CT molecular complexity index is 753. The van der Waals surface area contributed by atoms with Crippen LogP contribution in [0.3, 0.4) is 0 Å². The van der Waals surface area contributed by atoms with Crippen LogP contribution >= 0.6 is 11.3 Å². The number of hydrogen-bond acceptors (Lipinski definition) is 4. The van der Waals surface area contributed by atoms with Gasteiger partial charge in [-0.2, -0.15) is 16.1 Å². The minimum Gasteiger partial charge on any atom is -0.618 e. The molecular weight excluding hydrogens is 274 g/mol. The van der Waals surface area contributed by atoms with Crippen LogP contribution in [0.4, 0.5) is 0 Å². The number of pyridine rings is 1. The zero-order valence-electron chi connectivity index (χ0n) is 11.1. The Kier molecular flexibility index (Phi) is 3.20. The van der Waals surface area contributed by atoms with Crippen molar-refractivity contribution in [3.05, 3.63) is 46.4 Å². The molecule has 5 heteroatoms. The number of benzene rings is 1. The largest absolute Gasteiger partial charge is 0.618 e. The fourth-order valence-corrected chi connectivity index (χ4v) is 2.82. The van der Waals surface area contributed by atoms with Gasteiger partial charge in [-0.05, 0) is 29.0 Å². The molecule has 0 atom stereocenters. The summed E-state index contributed by atoms with van der Waals surface area (Å²) in [5, 5.41) is 17.8. The van der Waals surface area contributed by atoms with Gasteiger partial charge in [0.2, 0.25) is 5.69 Å². The highest BCUT2D eigenvalue weighted by atomic mass is 32.1. The summed E-state index contributed by atoms with van der Waals surface area (Å²) in [7, 11) is 3.18. The Morgan fingerprint density at radius 2 is 1.75 bits per heavy atom. The molecule has 0 aliphatic heterocycles. The van der Waals surface area contributed by atoms with E-state index in [2.05, 4.69) is 0 Å². The van der Waals surface area contributed by atoms with Crippen molar-refractivity contribution in [2.24, 2.45) is 0 Å². The molecule has 102 valence electrons. The highest BCUT2D eigenvalue weighted by Gasteiger charge is 2.14. The molecule has 0 unspecified atom stereocenters. The summed E-state index contributed by atoms with van der Waals surface area (Å²) in [5.41, 5.74) is 1.55. The lowest BCUT2D eigenvalue weighted by atomic mass is 10.1. The number of methoxy groups -OCH3 is 2. The lowest BCUT2D eigenvalue weighted by molar-refractivity contribution is -0.592. The third-order valence-corrected chi connectivity index (χ3v) is 3.88. The van der Waals surface area contributed by atoms with Gasteiger partial charge in [-0.1, -0.05) is 0 Å². The number of ether oxygens (including phenoxy) is 2. The molecule has 0 amide bonds. The Morgan fingerprint density at radius 1 is 1.05 bits per heavy atom. The third-order valence-electron chi connectivity index (χ3n) is 3.19. The SMILES string of the molecule is COc1cc2cc(-c3ccsc3)[n+]([O-])cc2cc1OC. The van der Waals surface area contributed by atoms with E-state index in [0.717, 1.165) is 21.1 Å². The average Bonchev–Trinajstić information content (AvgIpc) is 2.99. The van der Waals surface area contributed by atoms with Crippen molar-refractivity contribution in [1.82, 2.24) is 0 Å². The molecule has 3 aromatic rings. The molecule has 3 rings (SSSR count). The maximum Gasteiger partial charge on any atom is 0.225 e. The summed E-state index contributed by atoms with van der Waals surface area (Å²) in [5.74, 6) is 1.27. The van der Waals surface area contributed by atoms with E-state index >= 15 is 0 Å². The topological polar surface area (TPSA) is 45.4 Å². The number of nitrogens with zero attached hydrogens (tertiary/aromatic N) is 1. The third kappa shape index (κ3) is 2.06. The Labute approximate surface area is 120 Å². The smallest absolute Gasteiger partial charge is 0.225 e. The van der Waals surface area contributed by atoms with E-state index in [-0.39, 0.29) is 0 Å². The first-order valence-corrected chi connectivity index (χ1v) is 6.98. The minimum absolute atomic E-state index is 0.614. The first-order valence-electron chi connectivity index (χ1n) is 6.04. The van der Waals surface area contributed by atoms with Crippen LogP contribution in [0.5, 0.6) is 11.5 Å². The van der Waals surface area contributed by atoms with Gasteiger partial charge in [0.1, 0.15) is 0 Å². The maximum atomic E-state index is 12.1. The predicted octanol–water partition coefficient (Wildman–Crippen LogP) is 3.22. The molecule has 0 radical (unpaired) electrons. The molecule has 1 aromatic carbocycles. The van der Waals surface area contributed by atoms with Gasteiger partial charge in [-0.15, -0.1) is 0 Å². The molecule has 20 heavy (non-hydrogen) atoms. The Hall–Kier alpha value is -2.27. The summed E-state index contributed by atoms with van der Waals surface area (Å²) >= 11 is 1.57. The molecule has 2 heterocycles. The second-order valence-corrected chi connectivity index (χ2v) is 5.11. The first kappa shape index (κ1) is 12.7. The Morgan fingerprint density at radius 3 is 2.35 bits per heavy atom. The summed E-state index contributed by atoms with van der Waals surface area (Å²) in [6.07, 6.45) is 1.56. The Balaban J connectivity index is 2.24. The van der Waals surface area contributed by atoms with E-state index in [0.29, 0.717) is 17.2 Å². The zero-order chi connectivity index (χ0) is 14.1. The normalized spacial score (nSPS) is 10.7. The minimum atomic E-state index is 0.614. The fraction of sp³-hybridized carbons (Fsp3) is 0.133. The summed E-state index contributed by atoms with van der Waals surface area (Å²) in [6, 6.07) is 7.48. The number of rotatable bonds is 3. The first-order chi connectivity index (χ1) is 9.72. The molecule has 0 spiro atoms. The van der Waals surface area contributed by atoms with E-state index in [9.17, 15) is 5.21 Å². The van der Waals surface area contributed by atoms with Crippen LogP contribution in [0.1, 0.15) is 0 Å². The number of fused-ring (bicyclic) bond motifs is 1. The molecule has 0 aliphatic carbocycles. The van der Waals surface area contributed by atoms with Gasteiger partial charge in [0.05, 0.1) is 25.2 Å². The van der Waals surface area contributed by atoms with E-state index in [1.165, 1.54) is 0 Å². The van der Waals surface area contributed by atoms with Crippen LogP contribution in [0.15, 0.2) is 41.2 Å². The van der Waals surface area contributed by atoms with Crippen LogP contribution in [0.2, 0.25) is 0 Å². The van der Waals surface area contributed by atoms with Crippen LogP contribution in [-0.2, 0) is 0 Å². The molecule has 0 fully saturated rings. The highest BCUT2D eigenvalue weighted by molar-refractivity contribution is 7.08. The van der Waals surface area contributed by atoms with Gasteiger partial charge in [0.15, 0.2) is 17.7 Å². The second-order valence-electron chi connectivity index (χ2n) is 4.33. The molecule has 0 aliphatic rings. The van der Waals surface area contributed by atoms with Gasteiger partial charge in [-0.3, -0.25) is 0 Å². The molecule has 2 aromatic heterocycles. The van der Waals surface area contributed by atoms with Gasteiger partial charge >= 0.3 is 0 Å². The fourth-order valence-electron chi connectivity index (χ4n) is 2.17. The van der Waals surface area contributed by atoms with Crippen LogP contribution in [0.25, 0.3) is 22.0 Å². The molecule has 0 saturated heterocycles. The quantitative estimate of drug-likeness (QED) is 0.549. The summed E-state index contributed by atoms with van der Waals surface area (Å²) < 4.78 is 11.4. The van der Waals surface area contributed by atoms with Crippen molar-refractivity contribution in [2.45, 2.75) is 0 Å². The van der Waals surface area contributed by atoms with Crippen molar-refractivity contribution >= 4 is 22.1 Å². The van der Waals surface area contributed by atoms with Gasteiger partial charge < -0.3 is 14.7 Å². The molecular formula is C15H13NO3S. The zero-order valence-corrected chi connectivity index (χ0v) is 11.9. The average molecular weight is 287 g/mol. The van der Waals surface area contributed by atoms with Crippen molar-refractivity contribution < 1.29 is 14.2 Å². The monoisotopic (exact) mass is 287 g/mol. The number of aromatic nitrogens is 1. The lowest BCUT2D eigenvalue weighted by Gasteiger charge is -2.10. The molecule has 0 bridgehead atoms. The van der Waals surface area contributed by atoms with E-state index in [1.807, 2.05) is 29.0 Å². The molecule has 0 saturated carbocycles. The molecule has 0 N–H and O–H groups in total. The van der Waals surface area contributed by atoms with E-state index in [1.54, 1.807) is 37.8 Å². The number of hydrogen-bond donors (Lipinski definition) is 0. The summed E-state index contributed by atoms with van der Waals surface area (Å²) in [6.45, 7) is 0. The lowest BCUT2D eigenvalue weighted by Crippen LogP contribution is -2.28. The molecule has 4 nitrogen and oxygen atoms in total. The maximum absolute atomic E-state index is 12.1. The van der Waals surface area contributed by atoms with Crippen molar-refractivity contribution in [3.63, 3.8) is 0 Å². The van der Waals surface area contributed by atoms with Crippen molar-refractivity contribution in [1.29, 1.82) is 0 Å². The van der Waals surface area contributed by atoms with Crippen molar-refractivity contribution in [2.75, 3.05) is 14.2 Å². The van der Waals surface area contributed by atoms with Gasteiger partial charge in [-0.25, -0.2) is 0 Å². The van der Waals surface area contributed by atoms with Crippen molar-refractivity contribution in [3.8, 4) is 22.8 Å². The standard InChI is InChI=1S/C15H13NO3S/c1-18-14-6-11-5-13(10-3-4-20-9-10)16(17)8-12(11)7-15(14)19-2/h3-9H,1-2H3. The summed E-state index contributed by atoms with van der Waals surface area (Å²) in [4.78, 5) is 0. The second kappa shape index (κ2) is 5.02. The van der Waals surface area contributed by atoms with Crippen LogP contribution in [-0.4, -0.2) is 14.2 Å². The van der Waals surface area contributed by atoms with Gasteiger partial charge in [0.25, 0.3) is 0 Å². The van der Waals surface area contributed by atoms with E-state index < -0.39 is 0 Å². The number of thiophene rings is 1.